The van der Waals surface area contributed by atoms with Gasteiger partial charge in [-0.2, -0.15) is 0 Å². The zero-order valence-corrected chi connectivity index (χ0v) is 6.70. The van der Waals surface area contributed by atoms with Crippen LogP contribution in [0.1, 0.15) is 17.8 Å². The minimum atomic E-state index is 0.191. The molecule has 0 radical (unpaired) electrons. The van der Waals surface area contributed by atoms with Crippen LogP contribution < -0.4 is 0 Å². The Morgan fingerprint density at radius 1 is 1.42 bits per heavy atom. The molecule has 1 aromatic rings. The molecule has 12 heavy (non-hydrogen) atoms. The van der Waals surface area contributed by atoms with E-state index >= 15 is 0 Å². The van der Waals surface area contributed by atoms with Gasteiger partial charge in [-0.1, -0.05) is 0 Å². The van der Waals surface area contributed by atoms with Crippen LogP contribution in [-0.4, -0.2) is 21.7 Å². The van der Waals surface area contributed by atoms with Gasteiger partial charge in [-0.05, 0) is 24.3 Å². The molecular weight excluding hydrogens is 152 g/mol. The van der Waals surface area contributed by atoms with Gasteiger partial charge < -0.3 is 5.11 Å². The van der Waals surface area contributed by atoms with Gasteiger partial charge in [0.15, 0.2) is 0 Å². The van der Waals surface area contributed by atoms with Crippen LogP contribution >= 0.6 is 0 Å². The Hall–Kier alpha value is -1.40. The normalized spacial score (nSPS) is 9.33. The lowest BCUT2D eigenvalue weighted by atomic mass is 10.2. The van der Waals surface area contributed by atoms with E-state index in [0.717, 1.165) is 18.4 Å². The third-order valence-corrected chi connectivity index (χ3v) is 1.46. The first-order chi connectivity index (χ1) is 5.86. The van der Waals surface area contributed by atoms with Crippen LogP contribution in [0.3, 0.4) is 0 Å². The Morgan fingerprint density at radius 2 is 2.08 bits per heavy atom. The van der Waals surface area contributed by atoms with Gasteiger partial charge in [0, 0.05) is 19.0 Å². The summed E-state index contributed by atoms with van der Waals surface area (Å²) in [6.45, 7) is 0.191. The molecule has 0 aliphatic heterocycles. The number of aliphatic hydroxyl groups is 1. The van der Waals surface area contributed by atoms with Gasteiger partial charge >= 0.3 is 0 Å². The van der Waals surface area contributed by atoms with Crippen molar-refractivity contribution >= 4 is 0 Å². The maximum Gasteiger partial charge on any atom is 0.204 e. The Kier molecular flexibility index (Phi) is 3.24. The van der Waals surface area contributed by atoms with Gasteiger partial charge in [-0.25, -0.2) is 9.97 Å². The Labute approximate surface area is 71.5 Å². The van der Waals surface area contributed by atoms with Gasteiger partial charge in [0.25, 0.3) is 0 Å². The maximum absolute atomic E-state index is 8.56. The quantitative estimate of drug-likeness (QED) is 0.654. The van der Waals surface area contributed by atoms with Crippen molar-refractivity contribution in [3.8, 4) is 12.3 Å². The van der Waals surface area contributed by atoms with Crippen LogP contribution in [0.5, 0.6) is 0 Å². The molecule has 1 rings (SSSR count). The predicted molar refractivity (Wildman–Crippen MR) is 45.4 cm³/mol. The number of aliphatic hydroxyl groups excluding tert-OH is 1. The predicted octanol–water partition coefficient (Wildman–Crippen LogP) is 0.383. The molecule has 0 saturated heterocycles. The van der Waals surface area contributed by atoms with Crippen LogP contribution in [0, 0.1) is 12.3 Å². The van der Waals surface area contributed by atoms with Crippen LogP contribution in [-0.2, 0) is 6.42 Å². The molecular formula is C9H10N2O. The van der Waals surface area contributed by atoms with Crippen LogP contribution in [0.2, 0.25) is 0 Å². The minimum Gasteiger partial charge on any atom is -0.396 e. The zero-order chi connectivity index (χ0) is 8.81. The highest BCUT2D eigenvalue weighted by atomic mass is 16.2. The SMILES string of the molecule is C#Cc1ncc(CCCO)cn1. The molecule has 1 aromatic heterocycles. The van der Waals surface area contributed by atoms with E-state index in [-0.39, 0.29) is 6.61 Å². The summed E-state index contributed by atoms with van der Waals surface area (Å²) in [6, 6.07) is 0. The van der Waals surface area contributed by atoms with Crippen molar-refractivity contribution in [3.05, 3.63) is 23.8 Å². The number of aryl methyl sites for hydroxylation is 1. The van der Waals surface area contributed by atoms with Crippen molar-refractivity contribution in [2.24, 2.45) is 0 Å². The fourth-order valence-corrected chi connectivity index (χ4v) is 0.842. The molecule has 0 saturated carbocycles. The second-order valence-corrected chi connectivity index (χ2v) is 2.39. The average Bonchev–Trinajstić information content (AvgIpc) is 2.15. The minimum absolute atomic E-state index is 0.191. The number of hydrogen-bond acceptors (Lipinski definition) is 3. The molecule has 0 aliphatic rings. The summed E-state index contributed by atoms with van der Waals surface area (Å²) in [4.78, 5) is 7.84. The van der Waals surface area contributed by atoms with Crippen LogP contribution in [0.25, 0.3) is 0 Å². The molecule has 0 aromatic carbocycles. The lowest BCUT2D eigenvalue weighted by molar-refractivity contribution is 0.288. The van der Waals surface area contributed by atoms with Gasteiger partial charge in [0.05, 0.1) is 0 Å². The molecule has 0 amide bonds. The zero-order valence-electron chi connectivity index (χ0n) is 6.70. The molecule has 62 valence electrons. The monoisotopic (exact) mass is 162 g/mol. The highest BCUT2D eigenvalue weighted by Gasteiger charge is 1.94. The second-order valence-electron chi connectivity index (χ2n) is 2.39. The van der Waals surface area contributed by atoms with E-state index in [0.29, 0.717) is 5.82 Å². The number of aromatic nitrogens is 2. The summed E-state index contributed by atoms with van der Waals surface area (Å²) in [7, 11) is 0. The number of terminal acetylenes is 1. The summed E-state index contributed by atoms with van der Waals surface area (Å²) in [5.74, 6) is 2.74. The standard InChI is InChI=1S/C9H10N2O/c1-2-9-10-6-8(7-11-9)4-3-5-12/h1,6-7,12H,3-5H2. The molecule has 0 spiro atoms. The third kappa shape index (κ3) is 2.33. The first kappa shape index (κ1) is 8.69. The lowest BCUT2D eigenvalue weighted by Gasteiger charge is -1.96. The van der Waals surface area contributed by atoms with Crippen molar-refractivity contribution in [1.29, 1.82) is 0 Å². The summed E-state index contributed by atoms with van der Waals surface area (Å²) < 4.78 is 0. The Bertz CT molecular complexity index is 274. The van der Waals surface area contributed by atoms with Gasteiger partial charge in [0.2, 0.25) is 5.82 Å². The Morgan fingerprint density at radius 3 is 2.58 bits per heavy atom. The second kappa shape index (κ2) is 4.47. The summed E-state index contributed by atoms with van der Waals surface area (Å²) in [5, 5.41) is 8.56. The molecule has 3 nitrogen and oxygen atoms in total. The summed E-state index contributed by atoms with van der Waals surface area (Å²) in [5.41, 5.74) is 1.00. The summed E-state index contributed by atoms with van der Waals surface area (Å²) in [6.07, 6.45) is 10.00. The van der Waals surface area contributed by atoms with Crippen molar-refractivity contribution in [2.75, 3.05) is 6.61 Å². The van der Waals surface area contributed by atoms with Crippen LogP contribution in [0.4, 0.5) is 0 Å². The molecule has 0 atom stereocenters. The molecule has 0 fully saturated rings. The highest BCUT2D eigenvalue weighted by molar-refractivity contribution is 5.17. The van der Waals surface area contributed by atoms with Gasteiger partial charge in [0.1, 0.15) is 0 Å². The topological polar surface area (TPSA) is 46.0 Å². The van der Waals surface area contributed by atoms with E-state index in [1.54, 1.807) is 12.4 Å². The molecule has 0 bridgehead atoms. The van der Waals surface area contributed by atoms with E-state index < -0.39 is 0 Å². The summed E-state index contributed by atoms with van der Waals surface area (Å²) >= 11 is 0. The molecule has 3 heteroatoms. The van der Waals surface area contributed by atoms with E-state index in [4.69, 9.17) is 11.5 Å². The first-order valence-electron chi connectivity index (χ1n) is 3.75. The fourth-order valence-electron chi connectivity index (χ4n) is 0.842. The van der Waals surface area contributed by atoms with E-state index in [2.05, 4.69) is 15.9 Å². The number of nitrogens with zero attached hydrogens (tertiary/aromatic N) is 2. The van der Waals surface area contributed by atoms with Gasteiger partial charge in [-0.15, -0.1) is 6.42 Å². The van der Waals surface area contributed by atoms with E-state index in [1.807, 2.05) is 0 Å². The van der Waals surface area contributed by atoms with E-state index in [1.165, 1.54) is 0 Å². The molecule has 0 aliphatic carbocycles. The van der Waals surface area contributed by atoms with Crippen molar-refractivity contribution in [2.45, 2.75) is 12.8 Å². The number of hydrogen-bond donors (Lipinski definition) is 1. The first-order valence-corrected chi connectivity index (χ1v) is 3.75. The molecule has 1 N–H and O–H groups in total. The Balaban J connectivity index is 2.60. The largest absolute Gasteiger partial charge is 0.396 e. The van der Waals surface area contributed by atoms with Crippen molar-refractivity contribution in [1.82, 2.24) is 9.97 Å². The molecule has 0 unspecified atom stereocenters. The smallest absolute Gasteiger partial charge is 0.204 e. The maximum atomic E-state index is 8.56. The highest BCUT2D eigenvalue weighted by Crippen LogP contribution is 1.98. The van der Waals surface area contributed by atoms with Crippen molar-refractivity contribution in [3.63, 3.8) is 0 Å². The van der Waals surface area contributed by atoms with Gasteiger partial charge in [-0.3, -0.25) is 0 Å². The van der Waals surface area contributed by atoms with Crippen molar-refractivity contribution < 1.29 is 5.11 Å². The average molecular weight is 162 g/mol. The molecule has 1 heterocycles. The number of rotatable bonds is 3. The van der Waals surface area contributed by atoms with Crippen LogP contribution in [0.15, 0.2) is 12.4 Å². The third-order valence-electron chi connectivity index (χ3n) is 1.46. The fraction of sp³-hybridized carbons (Fsp3) is 0.333. The lowest BCUT2D eigenvalue weighted by Crippen LogP contribution is -1.94. The van der Waals surface area contributed by atoms with E-state index in [9.17, 15) is 0 Å².